The third-order valence-electron chi connectivity index (χ3n) is 5.26. The van der Waals surface area contributed by atoms with Crippen LogP contribution in [0.4, 0.5) is 5.82 Å². The van der Waals surface area contributed by atoms with Crippen molar-refractivity contribution in [3.8, 4) is 11.5 Å². The van der Waals surface area contributed by atoms with Crippen molar-refractivity contribution in [3.05, 3.63) is 113 Å². The Kier molecular flexibility index (Phi) is 6.69. The SMILES string of the molecule is C=C/C=C(\C=C/C)n1c(NC2=CCCC=C2)cc(=O)c2cc(Oc3ccccc3)c(C)nc21. The second-order valence-corrected chi connectivity index (χ2v) is 7.68. The summed E-state index contributed by atoms with van der Waals surface area (Å²) in [5.74, 6) is 1.88. The minimum Gasteiger partial charge on any atom is -0.455 e. The standard InChI is InChI=1S/C28H27N3O2/c1-4-12-22(13-5-2)31-27(30-21-14-8-6-9-15-21)19-25(32)24-18-26(20(3)29-28(24)31)33-23-16-10-7-11-17-23/h4-5,7-8,10-19,30H,1,6,9H2,2-3H3/b13-5-,22-12+. The summed E-state index contributed by atoms with van der Waals surface area (Å²) in [4.78, 5) is 18.0. The molecule has 1 aromatic carbocycles. The van der Waals surface area contributed by atoms with Gasteiger partial charge in [-0.25, -0.2) is 4.98 Å². The lowest BCUT2D eigenvalue weighted by Gasteiger charge is -2.20. The van der Waals surface area contributed by atoms with Crippen LogP contribution in [0.25, 0.3) is 16.7 Å². The molecule has 0 fully saturated rings. The summed E-state index contributed by atoms with van der Waals surface area (Å²) in [6.07, 6.45) is 15.8. The van der Waals surface area contributed by atoms with Crippen molar-refractivity contribution in [3.63, 3.8) is 0 Å². The number of fused-ring (bicyclic) bond motifs is 1. The number of para-hydroxylation sites is 1. The van der Waals surface area contributed by atoms with Gasteiger partial charge in [0.25, 0.3) is 0 Å². The zero-order valence-electron chi connectivity index (χ0n) is 18.9. The van der Waals surface area contributed by atoms with E-state index in [1.54, 1.807) is 18.2 Å². The summed E-state index contributed by atoms with van der Waals surface area (Å²) < 4.78 is 7.98. The van der Waals surface area contributed by atoms with E-state index in [1.165, 1.54) is 0 Å². The lowest BCUT2D eigenvalue weighted by molar-refractivity contribution is 0.477. The highest BCUT2D eigenvalue weighted by molar-refractivity contribution is 5.85. The van der Waals surface area contributed by atoms with Crippen LogP contribution in [0.3, 0.4) is 0 Å². The summed E-state index contributed by atoms with van der Waals surface area (Å²) in [6, 6.07) is 12.9. The molecular formula is C28H27N3O2. The van der Waals surface area contributed by atoms with Crippen LogP contribution in [-0.4, -0.2) is 9.55 Å². The molecule has 2 heterocycles. The van der Waals surface area contributed by atoms with Gasteiger partial charge in [-0.15, -0.1) is 0 Å². The number of benzene rings is 1. The van der Waals surface area contributed by atoms with Crippen LogP contribution < -0.4 is 15.5 Å². The number of aromatic nitrogens is 2. The van der Waals surface area contributed by atoms with Crippen molar-refractivity contribution in [2.75, 3.05) is 5.32 Å². The smallest absolute Gasteiger partial charge is 0.193 e. The molecule has 1 aliphatic rings. The van der Waals surface area contributed by atoms with Crippen molar-refractivity contribution >= 4 is 22.5 Å². The highest BCUT2D eigenvalue weighted by atomic mass is 16.5. The van der Waals surface area contributed by atoms with Gasteiger partial charge in [-0.3, -0.25) is 9.36 Å². The van der Waals surface area contributed by atoms with E-state index in [0.29, 0.717) is 34.0 Å². The molecule has 4 rings (SSSR count). The van der Waals surface area contributed by atoms with Crippen LogP contribution in [0.2, 0.25) is 0 Å². The Morgan fingerprint density at radius 3 is 2.73 bits per heavy atom. The molecule has 0 atom stereocenters. The first kappa shape index (κ1) is 22.1. The molecule has 0 saturated carbocycles. The normalized spacial score (nSPS) is 13.9. The predicted octanol–water partition coefficient (Wildman–Crippen LogP) is 6.75. The molecule has 0 bridgehead atoms. The number of allylic oxidation sites excluding steroid dienone is 8. The molecule has 0 radical (unpaired) electrons. The van der Waals surface area contributed by atoms with E-state index >= 15 is 0 Å². The number of anilines is 1. The van der Waals surface area contributed by atoms with Crippen LogP contribution in [0, 0.1) is 6.92 Å². The number of hydrogen-bond donors (Lipinski definition) is 1. The molecule has 2 aromatic heterocycles. The van der Waals surface area contributed by atoms with Crippen LogP contribution in [0.5, 0.6) is 11.5 Å². The Morgan fingerprint density at radius 2 is 2.03 bits per heavy atom. The molecule has 0 unspecified atom stereocenters. The van der Waals surface area contributed by atoms with Gasteiger partial charge in [0.1, 0.15) is 17.3 Å². The molecule has 1 aliphatic carbocycles. The van der Waals surface area contributed by atoms with Gasteiger partial charge in [0.05, 0.1) is 11.1 Å². The molecule has 5 heteroatoms. The first-order valence-corrected chi connectivity index (χ1v) is 11.0. The fraction of sp³-hybridized carbons (Fsp3) is 0.143. The van der Waals surface area contributed by atoms with Gasteiger partial charge in [0, 0.05) is 17.5 Å². The van der Waals surface area contributed by atoms with Crippen molar-refractivity contribution in [1.82, 2.24) is 9.55 Å². The molecule has 1 N–H and O–H groups in total. The van der Waals surface area contributed by atoms with Crippen LogP contribution >= 0.6 is 0 Å². The summed E-state index contributed by atoms with van der Waals surface area (Å²) in [6.45, 7) is 7.69. The summed E-state index contributed by atoms with van der Waals surface area (Å²) >= 11 is 0. The summed E-state index contributed by atoms with van der Waals surface area (Å²) in [7, 11) is 0. The van der Waals surface area contributed by atoms with Gasteiger partial charge in [0.15, 0.2) is 11.1 Å². The Bertz CT molecular complexity index is 1360. The monoisotopic (exact) mass is 437 g/mol. The van der Waals surface area contributed by atoms with E-state index < -0.39 is 0 Å². The third kappa shape index (κ3) is 4.88. The fourth-order valence-corrected chi connectivity index (χ4v) is 3.73. The first-order valence-electron chi connectivity index (χ1n) is 11.0. The van der Waals surface area contributed by atoms with Crippen molar-refractivity contribution in [2.45, 2.75) is 26.7 Å². The number of nitrogens with one attached hydrogen (secondary N) is 1. The largest absolute Gasteiger partial charge is 0.455 e. The molecule has 3 aromatic rings. The second-order valence-electron chi connectivity index (χ2n) is 7.68. The quantitative estimate of drug-likeness (QED) is 0.416. The molecule has 166 valence electrons. The highest BCUT2D eigenvalue weighted by Crippen LogP contribution is 2.30. The molecule has 0 amide bonds. The topological polar surface area (TPSA) is 56.2 Å². The summed E-state index contributed by atoms with van der Waals surface area (Å²) in [5.41, 5.74) is 2.89. The molecular weight excluding hydrogens is 410 g/mol. The highest BCUT2D eigenvalue weighted by Gasteiger charge is 2.16. The fourth-order valence-electron chi connectivity index (χ4n) is 3.73. The van der Waals surface area contributed by atoms with E-state index in [2.05, 4.69) is 24.0 Å². The van der Waals surface area contributed by atoms with E-state index in [9.17, 15) is 4.79 Å². The van der Waals surface area contributed by atoms with E-state index in [4.69, 9.17) is 9.72 Å². The maximum absolute atomic E-state index is 13.2. The van der Waals surface area contributed by atoms with Crippen LogP contribution in [-0.2, 0) is 0 Å². The predicted molar refractivity (Wildman–Crippen MR) is 137 cm³/mol. The molecule has 0 aliphatic heterocycles. The average Bonchev–Trinajstić information content (AvgIpc) is 2.82. The molecule has 5 nitrogen and oxygen atoms in total. The van der Waals surface area contributed by atoms with Gasteiger partial charge in [-0.05, 0) is 63.1 Å². The zero-order chi connectivity index (χ0) is 23.2. The Labute approximate surface area is 193 Å². The lowest BCUT2D eigenvalue weighted by atomic mass is 10.1. The number of ether oxygens (including phenoxy) is 1. The number of hydrogen-bond acceptors (Lipinski definition) is 4. The lowest BCUT2D eigenvalue weighted by Crippen LogP contribution is -2.16. The van der Waals surface area contributed by atoms with E-state index in [-0.39, 0.29) is 5.43 Å². The van der Waals surface area contributed by atoms with Gasteiger partial charge in [-0.2, -0.15) is 0 Å². The van der Waals surface area contributed by atoms with Crippen molar-refractivity contribution < 1.29 is 4.74 Å². The van der Waals surface area contributed by atoms with Gasteiger partial charge < -0.3 is 10.1 Å². The zero-order valence-corrected chi connectivity index (χ0v) is 18.9. The number of nitrogens with zero attached hydrogens (tertiary/aromatic N) is 2. The maximum Gasteiger partial charge on any atom is 0.193 e. The molecule has 33 heavy (non-hydrogen) atoms. The summed E-state index contributed by atoms with van der Waals surface area (Å²) in [5, 5.41) is 3.89. The maximum atomic E-state index is 13.2. The Hall–Kier alpha value is -4.12. The molecule has 0 saturated heterocycles. The number of aryl methyl sites for hydroxylation is 1. The molecule has 0 spiro atoms. The van der Waals surface area contributed by atoms with Gasteiger partial charge in [-0.1, -0.05) is 49.1 Å². The van der Waals surface area contributed by atoms with E-state index in [1.807, 2.05) is 73.1 Å². The third-order valence-corrected chi connectivity index (χ3v) is 5.26. The Morgan fingerprint density at radius 1 is 1.21 bits per heavy atom. The van der Waals surface area contributed by atoms with E-state index in [0.717, 1.165) is 24.2 Å². The number of pyridine rings is 2. The first-order chi connectivity index (χ1) is 16.1. The van der Waals surface area contributed by atoms with Crippen LogP contribution in [0.1, 0.15) is 25.5 Å². The minimum atomic E-state index is -0.131. The average molecular weight is 438 g/mol. The van der Waals surface area contributed by atoms with Gasteiger partial charge >= 0.3 is 0 Å². The van der Waals surface area contributed by atoms with Crippen LogP contribution in [0.15, 0.2) is 102 Å². The second kappa shape index (κ2) is 10.0. The van der Waals surface area contributed by atoms with Crippen molar-refractivity contribution in [2.24, 2.45) is 0 Å². The van der Waals surface area contributed by atoms with Crippen molar-refractivity contribution in [1.29, 1.82) is 0 Å². The van der Waals surface area contributed by atoms with Gasteiger partial charge in [0.2, 0.25) is 0 Å². The number of rotatable bonds is 7. The Balaban J connectivity index is 1.93. The minimum absolute atomic E-state index is 0.131.